The predicted molar refractivity (Wildman–Crippen MR) is 90.7 cm³/mol. The molecule has 128 valence electrons. The molecule has 0 bridgehead atoms. The summed E-state index contributed by atoms with van der Waals surface area (Å²) in [7, 11) is 0. The fraction of sp³-hybridized carbons (Fsp3) is 0.167. The number of ether oxygens (including phenoxy) is 1. The molecule has 7 heteroatoms. The van der Waals surface area contributed by atoms with Gasteiger partial charge in [-0.3, -0.25) is 9.59 Å². The summed E-state index contributed by atoms with van der Waals surface area (Å²) < 4.78 is 20.4. The molecule has 0 radical (unpaired) electrons. The van der Waals surface area contributed by atoms with Gasteiger partial charge in [0.2, 0.25) is 0 Å². The molecule has 3 rings (SSSR count). The van der Waals surface area contributed by atoms with Gasteiger partial charge in [0.25, 0.3) is 11.1 Å². The molecule has 25 heavy (non-hydrogen) atoms. The van der Waals surface area contributed by atoms with Crippen LogP contribution in [0.2, 0.25) is 0 Å². The molecule has 0 spiro atoms. The third-order valence-corrected chi connectivity index (χ3v) is 3.78. The standard InChI is InChI=1S/C18H16FN3O3/c1-10-5-6-12(9-13-8-11(2)17(23)22-21-13)15(19)16(10)25-14-4-3-7-20-18(14)24/h3-8H,9H2,1-2H3,(H,20,24)(H,22,23). The number of nitrogens with one attached hydrogen (secondary N) is 2. The highest BCUT2D eigenvalue weighted by atomic mass is 19.1. The van der Waals surface area contributed by atoms with Crippen LogP contribution in [0.1, 0.15) is 22.4 Å². The first-order chi connectivity index (χ1) is 12.0. The highest BCUT2D eigenvalue weighted by Crippen LogP contribution is 2.29. The average molecular weight is 341 g/mol. The molecule has 0 saturated carbocycles. The zero-order valence-corrected chi connectivity index (χ0v) is 13.7. The number of rotatable bonds is 4. The summed E-state index contributed by atoms with van der Waals surface area (Å²) in [6.07, 6.45) is 1.66. The van der Waals surface area contributed by atoms with E-state index < -0.39 is 11.4 Å². The fourth-order valence-electron chi connectivity index (χ4n) is 2.40. The molecule has 2 N–H and O–H groups in total. The smallest absolute Gasteiger partial charge is 0.290 e. The van der Waals surface area contributed by atoms with E-state index in [2.05, 4.69) is 15.2 Å². The van der Waals surface area contributed by atoms with Crippen molar-refractivity contribution in [3.63, 3.8) is 0 Å². The van der Waals surface area contributed by atoms with Gasteiger partial charge >= 0.3 is 0 Å². The molecule has 3 aromatic rings. The van der Waals surface area contributed by atoms with Crippen molar-refractivity contribution in [2.75, 3.05) is 0 Å². The van der Waals surface area contributed by atoms with Crippen LogP contribution in [0.15, 0.2) is 46.1 Å². The van der Waals surface area contributed by atoms with Crippen molar-refractivity contribution in [1.82, 2.24) is 15.2 Å². The van der Waals surface area contributed by atoms with Crippen LogP contribution >= 0.6 is 0 Å². The van der Waals surface area contributed by atoms with Crippen molar-refractivity contribution in [2.24, 2.45) is 0 Å². The Morgan fingerprint density at radius 1 is 1.12 bits per heavy atom. The van der Waals surface area contributed by atoms with E-state index in [1.807, 2.05) is 0 Å². The van der Waals surface area contributed by atoms with E-state index in [-0.39, 0.29) is 23.5 Å². The molecule has 0 aliphatic carbocycles. The average Bonchev–Trinajstić information content (AvgIpc) is 2.59. The van der Waals surface area contributed by atoms with Crippen molar-refractivity contribution in [3.05, 3.63) is 85.4 Å². The summed E-state index contributed by atoms with van der Waals surface area (Å²) in [5, 5.41) is 6.30. The van der Waals surface area contributed by atoms with Crippen LogP contribution in [0.25, 0.3) is 0 Å². The normalized spacial score (nSPS) is 10.7. The fourth-order valence-corrected chi connectivity index (χ4v) is 2.40. The zero-order chi connectivity index (χ0) is 18.0. The first-order valence-corrected chi connectivity index (χ1v) is 7.64. The largest absolute Gasteiger partial charge is 0.448 e. The Balaban J connectivity index is 1.97. The quantitative estimate of drug-likeness (QED) is 0.763. The first kappa shape index (κ1) is 16.6. The lowest BCUT2D eigenvalue weighted by molar-refractivity contribution is 0.430. The number of nitrogens with zero attached hydrogens (tertiary/aromatic N) is 1. The maximum Gasteiger partial charge on any atom is 0.290 e. The molecule has 0 aliphatic rings. The Hall–Kier alpha value is -3.22. The van der Waals surface area contributed by atoms with E-state index in [4.69, 9.17) is 4.74 Å². The molecule has 6 nitrogen and oxygen atoms in total. The Kier molecular flexibility index (Phi) is 4.47. The zero-order valence-electron chi connectivity index (χ0n) is 13.7. The van der Waals surface area contributed by atoms with Gasteiger partial charge in [-0.25, -0.2) is 9.49 Å². The van der Waals surface area contributed by atoms with E-state index in [1.165, 1.54) is 12.3 Å². The Labute approximate surface area is 142 Å². The van der Waals surface area contributed by atoms with Gasteiger partial charge in [-0.1, -0.05) is 12.1 Å². The van der Waals surface area contributed by atoms with E-state index in [1.54, 1.807) is 38.1 Å². The predicted octanol–water partition coefficient (Wildman–Crippen LogP) is 2.60. The van der Waals surface area contributed by atoms with Gasteiger partial charge in [0.15, 0.2) is 17.3 Å². The van der Waals surface area contributed by atoms with E-state index in [0.717, 1.165) is 0 Å². The number of hydrogen-bond acceptors (Lipinski definition) is 4. The van der Waals surface area contributed by atoms with Gasteiger partial charge in [0.05, 0.1) is 5.69 Å². The SMILES string of the molecule is Cc1ccc(Cc2cc(C)c(=O)[nH]n2)c(F)c1Oc1ccc[nH]c1=O. The molecular formula is C18H16FN3O3. The van der Waals surface area contributed by atoms with E-state index >= 15 is 0 Å². The van der Waals surface area contributed by atoms with Crippen molar-refractivity contribution >= 4 is 0 Å². The molecule has 0 saturated heterocycles. The Morgan fingerprint density at radius 2 is 1.92 bits per heavy atom. The second-order valence-corrected chi connectivity index (χ2v) is 5.70. The molecule has 2 heterocycles. The highest BCUT2D eigenvalue weighted by Gasteiger charge is 2.16. The van der Waals surface area contributed by atoms with Gasteiger partial charge < -0.3 is 9.72 Å². The van der Waals surface area contributed by atoms with Gasteiger partial charge in [-0.2, -0.15) is 5.10 Å². The van der Waals surface area contributed by atoms with Crippen LogP contribution in [-0.2, 0) is 6.42 Å². The van der Waals surface area contributed by atoms with Crippen LogP contribution in [0.3, 0.4) is 0 Å². The molecule has 0 aliphatic heterocycles. The van der Waals surface area contributed by atoms with Gasteiger partial charge in [0, 0.05) is 18.2 Å². The monoisotopic (exact) mass is 341 g/mol. The minimum Gasteiger partial charge on any atom is -0.448 e. The second kappa shape index (κ2) is 6.72. The number of pyridine rings is 1. The number of aromatic amines is 2. The molecule has 0 atom stereocenters. The third kappa shape index (κ3) is 3.50. The van der Waals surface area contributed by atoms with Crippen molar-refractivity contribution < 1.29 is 9.13 Å². The number of aromatic nitrogens is 3. The molecule has 0 amide bonds. The molecular weight excluding hydrogens is 325 g/mol. The first-order valence-electron chi connectivity index (χ1n) is 7.64. The number of benzene rings is 1. The number of H-pyrrole nitrogens is 2. The summed E-state index contributed by atoms with van der Waals surface area (Å²) in [6, 6.07) is 8.02. The van der Waals surface area contributed by atoms with Crippen LogP contribution in [0.5, 0.6) is 11.5 Å². The Morgan fingerprint density at radius 3 is 2.64 bits per heavy atom. The molecule has 2 aromatic heterocycles. The van der Waals surface area contributed by atoms with Crippen LogP contribution in [0, 0.1) is 19.7 Å². The van der Waals surface area contributed by atoms with Crippen molar-refractivity contribution in [2.45, 2.75) is 20.3 Å². The molecule has 0 fully saturated rings. The number of hydrogen-bond donors (Lipinski definition) is 2. The van der Waals surface area contributed by atoms with Gasteiger partial charge in [-0.05, 0) is 43.2 Å². The maximum absolute atomic E-state index is 14.9. The summed E-state index contributed by atoms with van der Waals surface area (Å²) in [5.74, 6) is -0.552. The summed E-state index contributed by atoms with van der Waals surface area (Å²) >= 11 is 0. The van der Waals surface area contributed by atoms with Crippen LogP contribution in [0.4, 0.5) is 4.39 Å². The topological polar surface area (TPSA) is 87.8 Å². The minimum atomic E-state index is -0.561. The third-order valence-electron chi connectivity index (χ3n) is 3.78. The van der Waals surface area contributed by atoms with Crippen molar-refractivity contribution in [1.29, 1.82) is 0 Å². The molecule has 1 aromatic carbocycles. The van der Waals surface area contributed by atoms with Crippen LogP contribution in [-0.4, -0.2) is 15.2 Å². The lowest BCUT2D eigenvalue weighted by Gasteiger charge is -2.12. The second-order valence-electron chi connectivity index (χ2n) is 5.70. The Bertz CT molecular complexity index is 1040. The van der Waals surface area contributed by atoms with E-state index in [0.29, 0.717) is 22.4 Å². The van der Waals surface area contributed by atoms with E-state index in [9.17, 15) is 14.0 Å². The van der Waals surface area contributed by atoms with Gasteiger partial charge in [0.1, 0.15) is 0 Å². The lowest BCUT2D eigenvalue weighted by Crippen LogP contribution is -2.13. The van der Waals surface area contributed by atoms with Gasteiger partial charge in [-0.15, -0.1) is 0 Å². The lowest BCUT2D eigenvalue weighted by atomic mass is 10.0. The van der Waals surface area contributed by atoms with Crippen molar-refractivity contribution in [3.8, 4) is 11.5 Å². The summed E-state index contributed by atoms with van der Waals surface area (Å²) in [6.45, 7) is 3.35. The van der Waals surface area contributed by atoms with Crippen LogP contribution < -0.4 is 15.9 Å². The molecule has 0 unspecified atom stereocenters. The summed E-state index contributed by atoms with van der Waals surface area (Å²) in [5.41, 5.74) is 1.24. The maximum atomic E-state index is 14.9. The number of halogens is 1. The minimum absolute atomic E-state index is 0.00431. The summed E-state index contributed by atoms with van der Waals surface area (Å²) in [4.78, 5) is 25.6. The number of aryl methyl sites for hydroxylation is 2. The highest BCUT2D eigenvalue weighted by molar-refractivity contribution is 5.42.